The summed E-state index contributed by atoms with van der Waals surface area (Å²) in [6.45, 7) is 8.98. The lowest BCUT2D eigenvalue weighted by Gasteiger charge is -2.29. The molecule has 5 rings (SSSR count). The average Bonchev–Trinajstić information content (AvgIpc) is 3.37. The molecule has 0 unspecified atom stereocenters. The van der Waals surface area contributed by atoms with Gasteiger partial charge in [0.1, 0.15) is 11.6 Å². The Morgan fingerprint density at radius 3 is 2.58 bits per heavy atom. The van der Waals surface area contributed by atoms with Gasteiger partial charge in [-0.1, -0.05) is 24.3 Å². The van der Waals surface area contributed by atoms with Crippen LogP contribution in [0.5, 0.6) is 6.01 Å². The van der Waals surface area contributed by atoms with Crippen LogP contribution in [-0.4, -0.2) is 51.1 Å². The number of benzene rings is 2. The number of ether oxygens (including phenoxy) is 1. The Kier molecular flexibility index (Phi) is 6.63. The molecule has 1 aliphatic rings. The van der Waals surface area contributed by atoms with Crippen LogP contribution in [0.1, 0.15) is 18.4 Å². The molecule has 1 saturated heterocycles. The highest BCUT2D eigenvalue weighted by Gasteiger charge is 2.23. The standard InChI is InChI=1S/C27H25F2N5O2/c1-30-20-7-5-18(6-8-20)25-24(19-12-22(28)21(15-35)23(29)13-19)26-31-9-11-34(26)27(32-25)36-16-17-4-3-10-33(2)14-17/h5-9,11-13,17,35H,3-4,10,14-16H2,2H3/t17-/m1/s1. The zero-order valence-electron chi connectivity index (χ0n) is 19.8. The summed E-state index contributed by atoms with van der Waals surface area (Å²) in [5.41, 5.74) is 2.23. The number of fused-ring (bicyclic) bond motifs is 1. The minimum atomic E-state index is -0.853. The molecule has 0 aliphatic carbocycles. The van der Waals surface area contributed by atoms with Crippen LogP contribution < -0.4 is 4.74 Å². The molecular formula is C27H25F2N5O2. The fourth-order valence-electron chi connectivity index (χ4n) is 4.72. The maximum absolute atomic E-state index is 14.7. The van der Waals surface area contributed by atoms with Crippen LogP contribution in [0.2, 0.25) is 0 Å². The van der Waals surface area contributed by atoms with Crippen molar-refractivity contribution in [3.63, 3.8) is 0 Å². The molecule has 2 aromatic heterocycles. The van der Waals surface area contributed by atoms with Gasteiger partial charge in [-0.2, -0.15) is 4.98 Å². The normalized spacial score (nSPS) is 16.2. The van der Waals surface area contributed by atoms with Gasteiger partial charge in [-0.3, -0.25) is 4.40 Å². The van der Waals surface area contributed by atoms with E-state index in [1.54, 1.807) is 41.1 Å². The molecule has 0 bridgehead atoms. The zero-order chi connectivity index (χ0) is 25.2. The second kappa shape index (κ2) is 10.0. The number of imidazole rings is 1. The first-order valence-corrected chi connectivity index (χ1v) is 11.7. The van der Waals surface area contributed by atoms with Gasteiger partial charge in [-0.25, -0.2) is 18.6 Å². The molecule has 184 valence electrons. The highest BCUT2D eigenvalue weighted by atomic mass is 19.1. The SMILES string of the molecule is [C-]#[N+]c1ccc(-c2nc(OC[C@@H]3CCCN(C)C3)n3ccnc3c2-c2cc(F)c(CO)c(F)c2)cc1. The van der Waals surface area contributed by atoms with Gasteiger partial charge in [0, 0.05) is 30.4 Å². The molecule has 1 aliphatic heterocycles. The number of aliphatic hydroxyl groups is 1. The maximum Gasteiger partial charge on any atom is 0.302 e. The molecule has 2 aromatic carbocycles. The summed E-state index contributed by atoms with van der Waals surface area (Å²) in [6.07, 6.45) is 5.46. The Bertz CT molecular complexity index is 1420. The van der Waals surface area contributed by atoms with Crippen molar-refractivity contribution in [1.29, 1.82) is 0 Å². The van der Waals surface area contributed by atoms with E-state index in [-0.39, 0.29) is 5.56 Å². The Hall–Kier alpha value is -3.87. The third-order valence-corrected chi connectivity index (χ3v) is 6.54. The summed E-state index contributed by atoms with van der Waals surface area (Å²) in [5.74, 6) is -1.35. The van der Waals surface area contributed by atoms with Crippen molar-refractivity contribution in [2.75, 3.05) is 26.7 Å². The number of hydrogen-bond donors (Lipinski definition) is 1. The summed E-state index contributed by atoms with van der Waals surface area (Å²) in [5, 5.41) is 9.35. The predicted molar refractivity (Wildman–Crippen MR) is 132 cm³/mol. The van der Waals surface area contributed by atoms with E-state index in [2.05, 4.69) is 21.8 Å². The van der Waals surface area contributed by atoms with Gasteiger partial charge in [0.15, 0.2) is 11.3 Å². The van der Waals surface area contributed by atoms with E-state index >= 15 is 0 Å². The lowest BCUT2D eigenvalue weighted by atomic mass is 9.98. The number of rotatable bonds is 6. The Labute approximate surface area is 207 Å². The van der Waals surface area contributed by atoms with E-state index in [9.17, 15) is 13.9 Å². The molecule has 7 nitrogen and oxygen atoms in total. The topological polar surface area (TPSA) is 67.2 Å². The summed E-state index contributed by atoms with van der Waals surface area (Å²) in [6, 6.07) is 9.50. The van der Waals surface area contributed by atoms with Gasteiger partial charge >= 0.3 is 6.01 Å². The van der Waals surface area contributed by atoms with Gasteiger partial charge in [0.2, 0.25) is 0 Å². The van der Waals surface area contributed by atoms with Crippen molar-refractivity contribution in [2.24, 2.45) is 5.92 Å². The second-order valence-electron chi connectivity index (χ2n) is 9.06. The maximum atomic E-state index is 14.7. The van der Waals surface area contributed by atoms with Crippen LogP contribution in [0.25, 0.3) is 32.9 Å². The van der Waals surface area contributed by atoms with Crippen LogP contribution in [0.4, 0.5) is 14.5 Å². The first-order chi connectivity index (χ1) is 17.5. The average molecular weight is 490 g/mol. The molecule has 0 radical (unpaired) electrons. The van der Waals surface area contributed by atoms with Crippen molar-refractivity contribution in [3.05, 3.63) is 77.4 Å². The quantitative estimate of drug-likeness (QED) is 0.382. The number of nitrogens with zero attached hydrogens (tertiary/aromatic N) is 5. The van der Waals surface area contributed by atoms with Crippen LogP contribution in [0.15, 0.2) is 48.8 Å². The summed E-state index contributed by atoms with van der Waals surface area (Å²) in [7, 11) is 2.10. The largest absolute Gasteiger partial charge is 0.464 e. The Balaban J connectivity index is 1.66. The molecule has 0 spiro atoms. The number of halogens is 2. The molecular weight excluding hydrogens is 464 g/mol. The van der Waals surface area contributed by atoms with Crippen molar-refractivity contribution >= 4 is 11.3 Å². The van der Waals surface area contributed by atoms with E-state index < -0.39 is 23.8 Å². The lowest BCUT2D eigenvalue weighted by molar-refractivity contribution is 0.143. The molecule has 4 aromatic rings. The van der Waals surface area contributed by atoms with Crippen LogP contribution in [0, 0.1) is 24.1 Å². The van der Waals surface area contributed by atoms with Crippen molar-refractivity contribution in [3.8, 4) is 28.4 Å². The van der Waals surface area contributed by atoms with E-state index in [1.807, 2.05) is 0 Å². The van der Waals surface area contributed by atoms with Gasteiger partial charge in [0.25, 0.3) is 0 Å². The minimum absolute atomic E-state index is 0.232. The van der Waals surface area contributed by atoms with E-state index in [0.717, 1.165) is 25.9 Å². The predicted octanol–water partition coefficient (Wildman–Crippen LogP) is 5.11. The van der Waals surface area contributed by atoms with Gasteiger partial charge in [-0.15, -0.1) is 0 Å². The highest BCUT2D eigenvalue weighted by molar-refractivity contribution is 5.90. The summed E-state index contributed by atoms with van der Waals surface area (Å²) >= 11 is 0. The third-order valence-electron chi connectivity index (χ3n) is 6.54. The molecule has 1 atom stereocenters. The van der Waals surface area contributed by atoms with Gasteiger partial charge in [0.05, 0.1) is 31.0 Å². The molecule has 3 heterocycles. The Morgan fingerprint density at radius 2 is 1.92 bits per heavy atom. The van der Waals surface area contributed by atoms with Crippen LogP contribution in [0.3, 0.4) is 0 Å². The number of likely N-dealkylation sites (tertiary alicyclic amines) is 1. The fourth-order valence-corrected chi connectivity index (χ4v) is 4.72. The number of aromatic nitrogens is 3. The second-order valence-corrected chi connectivity index (χ2v) is 9.06. The van der Waals surface area contributed by atoms with E-state index in [0.29, 0.717) is 46.7 Å². The zero-order valence-corrected chi connectivity index (χ0v) is 19.8. The third kappa shape index (κ3) is 4.53. The first kappa shape index (κ1) is 23.9. The Morgan fingerprint density at radius 1 is 1.17 bits per heavy atom. The number of hydrogen-bond acceptors (Lipinski definition) is 5. The lowest BCUT2D eigenvalue weighted by Crippen LogP contribution is -2.35. The molecule has 1 fully saturated rings. The fraction of sp³-hybridized carbons (Fsp3) is 0.296. The monoisotopic (exact) mass is 489 g/mol. The van der Waals surface area contributed by atoms with E-state index in [4.69, 9.17) is 16.3 Å². The molecule has 1 N–H and O–H groups in total. The van der Waals surface area contributed by atoms with Gasteiger partial charge < -0.3 is 14.7 Å². The number of piperidine rings is 1. The first-order valence-electron chi connectivity index (χ1n) is 11.7. The van der Waals surface area contributed by atoms with Crippen LogP contribution >= 0.6 is 0 Å². The minimum Gasteiger partial charge on any atom is -0.464 e. The van der Waals surface area contributed by atoms with Crippen molar-refractivity contribution in [2.45, 2.75) is 19.4 Å². The number of aliphatic hydroxyl groups excluding tert-OH is 1. The molecule has 36 heavy (non-hydrogen) atoms. The smallest absolute Gasteiger partial charge is 0.302 e. The molecule has 9 heteroatoms. The van der Waals surface area contributed by atoms with Crippen molar-refractivity contribution < 1.29 is 18.6 Å². The van der Waals surface area contributed by atoms with Crippen molar-refractivity contribution in [1.82, 2.24) is 19.3 Å². The van der Waals surface area contributed by atoms with Gasteiger partial charge in [-0.05, 0) is 49.7 Å². The van der Waals surface area contributed by atoms with E-state index in [1.165, 1.54) is 12.1 Å². The molecule has 0 saturated carbocycles. The molecule has 0 amide bonds. The summed E-state index contributed by atoms with van der Waals surface area (Å²) in [4.78, 5) is 15.0. The van der Waals surface area contributed by atoms with Crippen LogP contribution in [-0.2, 0) is 6.61 Å². The summed E-state index contributed by atoms with van der Waals surface area (Å²) < 4.78 is 37.2. The highest BCUT2D eigenvalue weighted by Crippen LogP contribution is 2.38.